The second-order valence-corrected chi connectivity index (χ2v) is 5.85. The van der Waals surface area contributed by atoms with Crippen molar-refractivity contribution in [2.75, 3.05) is 13.1 Å². The number of rotatable bonds is 2. The second-order valence-electron chi connectivity index (χ2n) is 3.04. The Morgan fingerprint density at radius 3 is 2.79 bits per heavy atom. The first-order valence-corrected chi connectivity index (χ1v) is 6.48. The number of thiazole rings is 1. The first kappa shape index (κ1) is 12.1. The standard InChI is InChI=1S/C8H12N2OS2.ClH/c11-13(8-10-5-6-12-8)7-1-3-9-4-2-7;/h5-7,9H,1-4H2;1H. The molecule has 1 unspecified atom stereocenters. The van der Waals surface area contributed by atoms with Crippen LogP contribution in [0.4, 0.5) is 0 Å². The van der Waals surface area contributed by atoms with Gasteiger partial charge in [0.1, 0.15) is 0 Å². The van der Waals surface area contributed by atoms with Crippen molar-refractivity contribution >= 4 is 34.5 Å². The molecule has 2 rings (SSSR count). The van der Waals surface area contributed by atoms with E-state index in [4.69, 9.17) is 0 Å². The Bertz CT molecular complexity index is 286. The Morgan fingerprint density at radius 1 is 1.50 bits per heavy atom. The fourth-order valence-corrected chi connectivity index (χ4v) is 3.89. The molecule has 1 atom stereocenters. The van der Waals surface area contributed by atoms with E-state index in [1.165, 1.54) is 11.3 Å². The highest BCUT2D eigenvalue weighted by atomic mass is 35.5. The van der Waals surface area contributed by atoms with Gasteiger partial charge < -0.3 is 5.32 Å². The summed E-state index contributed by atoms with van der Waals surface area (Å²) in [6.07, 6.45) is 3.73. The molecule has 0 aliphatic carbocycles. The molecule has 1 aromatic rings. The summed E-state index contributed by atoms with van der Waals surface area (Å²) in [5.74, 6) is 0. The van der Waals surface area contributed by atoms with Crippen molar-refractivity contribution < 1.29 is 4.21 Å². The molecule has 1 saturated heterocycles. The SMILES string of the molecule is Cl.O=S(c1nccs1)C1CCNCC1. The van der Waals surface area contributed by atoms with Crippen molar-refractivity contribution in [2.45, 2.75) is 22.4 Å². The summed E-state index contributed by atoms with van der Waals surface area (Å²) in [5, 5.41) is 5.46. The summed E-state index contributed by atoms with van der Waals surface area (Å²) < 4.78 is 12.7. The van der Waals surface area contributed by atoms with Crippen LogP contribution in [0.5, 0.6) is 0 Å². The highest BCUT2D eigenvalue weighted by molar-refractivity contribution is 7.87. The zero-order chi connectivity index (χ0) is 9.10. The smallest absolute Gasteiger partial charge is 0.180 e. The third-order valence-corrected chi connectivity index (χ3v) is 5.04. The van der Waals surface area contributed by atoms with Crippen LogP contribution in [-0.4, -0.2) is 27.5 Å². The lowest BCUT2D eigenvalue weighted by Crippen LogP contribution is -2.33. The summed E-state index contributed by atoms with van der Waals surface area (Å²) in [7, 11) is -0.871. The molecule has 2 heterocycles. The Morgan fingerprint density at radius 2 is 2.21 bits per heavy atom. The van der Waals surface area contributed by atoms with Crippen molar-refractivity contribution in [3.05, 3.63) is 11.6 Å². The Labute approximate surface area is 96.2 Å². The lowest BCUT2D eigenvalue weighted by Gasteiger charge is -2.20. The van der Waals surface area contributed by atoms with Crippen LogP contribution in [0.25, 0.3) is 0 Å². The van der Waals surface area contributed by atoms with Gasteiger partial charge in [-0.15, -0.1) is 23.7 Å². The van der Waals surface area contributed by atoms with E-state index in [1.807, 2.05) is 5.38 Å². The Hall–Kier alpha value is 0.0300. The first-order valence-electron chi connectivity index (χ1n) is 4.39. The fraction of sp³-hybridized carbons (Fsp3) is 0.625. The molecule has 0 radical (unpaired) electrons. The van der Waals surface area contributed by atoms with E-state index in [1.54, 1.807) is 6.20 Å². The highest BCUT2D eigenvalue weighted by Crippen LogP contribution is 2.19. The van der Waals surface area contributed by atoms with E-state index in [0.29, 0.717) is 5.25 Å². The van der Waals surface area contributed by atoms with Gasteiger partial charge in [-0.1, -0.05) is 0 Å². The molecule has 80 valence electrons. The van der Waals surface area contributed by atoms with Gasteiger partial charge in [0, 0.05) is 16.8 Å². The maximum Gasteiger partial charge on any atom is 0.180 e. The number of halogens is 1. The Balaban J connectivity index is 0.000000980. The molecule has 0 saturated carbocycles. The summed E-state index contributed by atoms with van der Waals surface area (Å²) in [5.41, 5.74) is 0. The van der Waals surface area contributed by atoms with Crippen molar-refractivity contribution in [3.63, 3.8) is 0 Å². The van der Waals surface area contributed by atoms with Gasteiger partial charge in [-0.25, -0.2) is 4.98 Å². The summed E-state index contributed by atoms with van der Waals surface area (Å²) >= 11 is 1.49. The van der Waals surface area contributed by atoms with Gasteiger partial charge in [0.25, 0.3) is 0 Å². The zero-order valence-electron chi connectivity index (χ0n) is 7.64. The number of nitrogens with zero attached hydrogens (tertiary/aromatic N) is 1. The van der Waals surface area contributed by atoms with Crippen molar-refractivity contribution in [1.82, 2.24) is 10.3 Å². The molecule has 0 bridgehead atoms. The van der Waals surface area contributed by atoms with Gasteiger partial charge in [-0.2, -0.15) is 0 Å². The van der Waals surface area contributed by atoms with E-state index < -0.39 is 10.8 Å². The van der Waals surface area contributed by atoms with Crippen LogP contribution in [0.2, 0.25) is 0 Å². The number of hydrogen-bond donors (Lipinski definition) is 1. The van der Waals surface area contributed by atoms with E-state index in [9.17, 15) is 4.21 Å². The lowest BCUT2D eigenvalue weighted by atomic mass is 10.2. The van der Waals surface area contributed by atoms with Crippen LogP contribution in [0.15, 0.2) is 15.9 Å². The Kier molecular flexibility index (Phi) is 5.01. The molecule has 3 nitrogen and oxygen atoms in total. The maximum absolute atomic E-state index is 11.9. The molecule has 6 heteroatoms. The number of aromatic nitrogens is 1. The molecule has 14 heavy (non-hydrogen) atoms. The third kappa shape index (κ3) is 2.76. The van der Waals surface area contributed by atoms with Gasteiger partial charge in [0.2, 0.25) is 0 Å². The van der Waals surface area contributed by atoms with Crippen LogP contribution in [-0.2, 0) is 10.8 Å². The van der Waals surface area contributed by atoms with Gasteiger partial charge in [0.05, 0.1) is 10.8 Å². The van der Waals surface area contributed by atoms with Gasteiger partial charge in [-0.05, 0) is 25.9 Å². The zero-order valence-corrected chi connectivity index (χ0v) is 10.1. The van der Waals surface area contributed by atoms with Crippen molar-refractivity contribution in [3.8, 4) is 0 Å². The summed E-state index contributed by atoms with van der Waals surface area (Å²) in [6, 6.07) is 0. The van der Waals surface area contributed by atoms with Gasteiger partial charge in [-0.3, -0.25) is 4.21 Å². The lowest BCUT2D eigenvalue weighted by molar-refractivity contribution is 0.519. The minimum atomic E-state index is -0.871. The van der Waals surface area contributed by atoms with E-state index >= 15 is 0 Å². The number of piperidine rings is 1. The predicted octanol–water partition coefficient (Wildman–Crippen LogP) is 1.42. The molecular weight excluding hydrogens is 240 g/mol. The predicted molar refractivity (Wildman–Crippen MR) is 61.7 cm³/mol. The maximum atomic E-state index is 11.9. The van der Waals surface area contributed by atoms with Crippen LogP contribution >= 0.6 is 23.7 Å². The summed E-state index contributed by atoms with van der Waals surface area (Å²) in [6.45, 7) is 1.98. The van der Waals surface area contributed by atoms with Gasteiger partial charge >= 0.3 is 0 Å². The largest absolute Gasteiger partial charge is 0.317 e. The number of nitrogens with one attached hydrogen (secondary N) is 1. The second kappa shape index (κ2) is 5.80. The average Bonchev–Trinajstić information content (AvgIpc) is 2.71. The molecule has 1 fully saturated rings. The monoisotopic (exact) mass is 252 g/mol. The molecule has 1 N–H and O–H groups in total. The minimum Gasteiger partial charge on any atom is -0.317 e. The fourth-order valence-electron chi connectivity index (χ4n) is 1.46. The normalized spacial score (nSPS) is 20.0. The molecule has 0 amide bonds. The van der Waals surface area contributed by atoms with Gasteiger partial charge in [0.15, 0.2) is 4.34 Å². The molecular formula is C8H13ClN2OS2. The quantitative estimate of drug-likeness (QED) is 0.866. The number of hydrogen-bond acceptors (Lipinski definition) is 4. The van der Waals surface area contributed by atoms with Crippen molar-refractivity contribution in [2.24, 2.45) is 0 Å². The van der Waals surface area contributed by atoms with Crippen LogP contribution < -0.4 is 5.32 Å². The molecule has 1 aromatic heterocycles. The first-order chi connectivity index (χ1) is 6.38. The minimum absolute atomic E-state index is 0. The molecule has 1 aliphatic rings. The molecule has 0 aromatic carbocycles. The summed E-state index contributed by atoms with van der Waals surface area (Å²) in [4.78, 5) is 4.09. The van der Waals surface area contributed by atoms with E-state index in [0.717, 1.165) is 30.3 Å². The highest BCUT2D eigenvalue weighted by Gasteiger charge is 2.22. The third-order valence-electron chi connectivity index (χ3n) is 2.17. The molecule has 1 aliphatic heterocycles. The van der Waals surface area contributed by atoms with Crippen molar-refractivity contribution in [1.29, 1.82) is 0 Å². The van der Waals surface area contributed by atoms with Crippen LogP contribution in [0.3, 0.4) is 0 Å². The molecule has 0 spiro atoms. The van der Waals surface area contributed by atoms with E-state index in [-0.39, 0.29) is 12.4 Å². The van der Waals surface area contributed by atoms with Crippen LogP contribution in [0, 0.1) is 0 Å². The average molecular weight is 253 g/mol. The van der Waals surface area contributed by atoms with E-state index in [2.05, 4.69) is 10.3 Å². The topological polar surface area (TPSA) is 42.0 Å². The van der Waals surface area contributed by atoms with Crippen LogP contribution in [0.1, 0.15) is 12.8 Å².